The monoisotopic (exact) mass is 374 g/mol. The van der Waals surface area contributed by atoms with Crippen LogP contribution in [0.15, 0.2) is 17.2 Å². The largest absolute Gasteiger partial charge is 0.340 e. The molecular formula is C12H9ClF2N6O2S. The quantitative estimate of drug-likeness (QED) is 0.726. The summed E-state index contributed by atoms with van der Waals surface area (Å²) in [4.78, 5) is 29.4. The first-order chi connectivity index (χ1) is 11.4. The number of H-pyrrole nitrogens is 1. The molecule has 0 saturated heterocycles. The smallest absolute Gasteiger partial charge is 0.293 e. The fraction of sp³-hybridized carbons (Fsp3) is 0.250. The molecule has 3 heterocycles. The van der Waals surface area contributed by atoms with Crippen molar-refractivity contribution in [1.82, 2.24) is 29.9 Å². The third-order valence-electron chi connectivity index (χ3n) is 3.10. The van der Waals surface area contributed by atoms with Crippen molar-refractivity contribution in [3.05, 3.63) is 43.6 Å². The number of carbonyl (C=O) groups excluding carboxylic acids is 1. The van der Waals surface area contributed by atoms with Crippen molar-refractivity contribution < 1.29 is 13.6 Å². The summed E-state index contributed by atoms with van der Waals surface area (Å²) in [7, 11) is 0. The molecule has 3 aromatic heterocycles. The number of halogens is 3. The van der Waals surface area contributed by atoms with Crippen molar-refractivity contribution in [3.63, 3.8) is 0 Å². The van der Waals surface area contributed by atoms with Gasteiger partial charge in [0.25, 0.3) is 17.9 Å². The van der Waals surface area contributed by atoms with Gasteiger partial charge in [-0.25, -0.2) is 13.8 Å². The summed E-state index contributed by atoms with van der Waals surface area (Å²) >= 11 is 6.11. The van der Waals surface area contributed by atoms with E-state index in [0.29, 0.717) is 17.2 Å². The second kappa shape index (κ2) is 6.24. The minimum atomic E-state index is -2.80. The maximum absolute atomic E-state index is 12.7. The van der Waals surface area contributed by atoms with E-state index in [2.05, 4.69) is 25.5 Å². The highest BCUT2D eigenvalue weighted by Crippen LogP contribution is 2.32. The van der Waals surface area contributed by atoms with Gasteiger partial charge in [-0.3, -0.25) is 14.0 Å². The highest BCUT2D eigenvalue weighted by molar-refractivity contribution is 7.14. The molecule has 2 N–H and O–H groups in total. The zero-order valence-electron chi connectivity index (χ0n) is 12.0. The predicted octanol–water partition coefficient (Wildman–Crippen LogP) is 1.96. The van der Waals surface area contributed by atoms with E-state index in [1.165, 1.54) is 16.8 Å². The molecule has 0 fully saturated rings. The van der Waals surface area contributed by atoms with Gasteiger partial charge in [0, 0.05) is 12.4 Å². The lowest BCUT2D eigenvalue weighted by Crippen LogP contribution is -2.28. The molecule has 126 valence electrons. The molecule has 12 heteroatoms. The molecule has 1 amide bonds. The molecule has 0 radical (unpaired) electrons. The van der Waals surface area contributed by atoms with E-state index in [9.17, 15) is 18.4 Å². The van der Waals surface area contributed by atoms with Crippen LogP contribution in [0.3, 0.4) is 0 Å². The third kappa shape index (κ3) is 2.87. The number of aromatic nitrogens is 5. The summed E-state index contributed by atoms with van der Waals surface area (Å²) in [5, 5.41) is 9.59. The zero-order valence-corrected chi connectivity index (χ0v) is 13.5. The SMILES string of the molecule is CC(NC(=O)c1nc(Cl)c(C(F)F)s1)c1nnc2c(=O)[nH]ccn12. The minimum Gasteiger partial charge on any atom is -0.340 e. The molecule has 24 heavy (non-hydrogen) atoms. The number of thiazole rings is 1. The van der Waals surface area contributed by atoms with Crippen molar-refractivity contribution in [1.29, 1.82) is 0 Å². The first-order valence-electron chi connectivity index (χ1n) is 6.56. The molecule has 0 aromatic carbocycles. The maximum atomic E-state index is 12.7. The van der Waals surface area contributed by atoms with Crippen LogP contribution >= 0.6 is 22.9 Å². The van der Waals surface area contributed by atoms with Crippen LogP contribution in [0.2, 0.25) is 5.15 Å². The number of rotatable bonds is 4. The number of hydrogen-bond acceptors (Lipinski definition) is 6. The number of hydrogen-bond donors (Lipinski definition) is 2. The summed E-state index contributed by atoms with van der Waals surface area (Å²) in [5.74, 6) is -0.371. The number of nitrogens with zero attached hydrogens (tertiary/aromatic N) is 4. The minimum absolute atomic E-state index is 0.0749. The number of fused-ring (bicyclic) bond motifs is 1. The van der Waals surface area contributed by atoms with Crippen molar-refractivity contribution in [3.8, 4) is 0 Å². The molecule has 8 nitrogen and oxygen atoms in total. The Morgan fingerprint density at radius 1 is 1.46 bits per heavy atom. The Hall–Kier alpha value is -2.40. The zero-order chi connectivity index (χ0) is 17.4. The van der Waals surface area contributed by atoms with Gasteiger partial charge in [-0.1, -0.05) is 11.6 Å². The predicted molar refractivity (Wildman–Crippen MR) is 81.6 cm³/mol. The number of carbonyl (C=O) groups is 1. The molecule has 1 atom stereocenters. The van der Waals surface area contributed by atoms with Crippen molar-refractivity contribution in [2.45, 2.75) is 19.4 Å². The highest BCUT2D eigenvalue weighted by Gasteiger charge is 2.24. The molecule has 0 aliphatic rings. The fourth-order valence-corrected chi connectivity index (χ4v) is 3.07. The average molecular weight is 375 g/mol. The normalized spacial score (nSPS) is 12.7. The lowest BCUT2D eigenvalue weighted by atomic mass is 10.3. The number of nitrogens with one attached hydrogen (secondary N) is 2. The lowest BCUT2D eigenvalue weighted by molar-refractivity contribution is 0.0937. The number of amides is 1. The number of alkyl halides is 2. The Morgan fingerprint density at radius 2 is 2.21 bits per heavy atom. The van der Waals surface area contributed by atoms with Crippen LogP contribution in [-0.4, -0.2) is 30.5 Å². The van der Waals surface area contributed by atoms with Gasteiger partial charge in [0.2, 0.25) is 5.65 Å². The van der Waals surface area contributed by atoms with E-state index in [1.54, 1.807) is 6.92 Å². The highest BCUT2D eigenvalue weighted by atomic mass is 35.5. The molecule has 3 rings (SSSR count). The van der Waals surface area contributed by atoms with E-state index in [-0.39, 0.29) is 10.7 Å². The van der Waals surface area contributed by atoms with E-state index in [0.717, 1.165) is 0 Å². The van der Waals surface area contributed by atoms with Crippen molar-refractivity contribution in [2.75, 3.05) is 0 Å². The van der Waals surface area contributed by atoms with Crippen LogP contribution in [0.1, 0.15) is 39.9 Å². The topological polar surface area (TPSA) is 105 Å². The Bertz CT molecular complexity index is 968. The Kier molecular flexibility index (Phi) is 4.28. The van der Waals surface area contributed by atoms with Gasteiger partial charge in [0.05, 0.1) is 6.04 Å². The summed E-state index contributed by atoms with van der Waals surface area (Å²) in [6.45, 7) is 1.61. The molecule has 0 spiro atoms. The molecule has 0 aliphatic heterocycles. The summed E-state index contributed by atoms with van der Waals surface area (Å²) < 4.78 is 26.8. The Morgan fingerprint density at radius 3 is 2.88 bits per heavy atom. The Labute approximate surface area is 141 Å². The molecule has 0 saturated carbocycles. The van der Waals surface area contributed by atoms with Gasteiger partial charge in [-0.15, -0.1) is 21.5 Å². The van der Waals surface area contributed by atoms with Gasteiger partial charge in [0.1, 0.15) is 10.0 Å². The molecule has 3 aromatic rings. The lowest BCUT2D eigenvalue weighted by Gasteiger charge is -2.10. The first kappa shape index (κ1) is 16.5. The summed E-state index contributed by atoms with van der Waals surface area (Å²) in [5.41, 5.74) is -0.353. The first-order valence-corrected chi connectivity index (χ1v) is 7.75. The van der Waals surface area contributed by atoms with E-state index >= 15 is 0 Å². The summed E-state index contributed by atoms with van der Waals surface area (Å²) in [6.07, 6.45) is 0.136. The van der Waals surface area contributed by atoms with Crippen LogP contribution in [-0.2, 0) is 0 Å². The summed E-state index contributed by atoms with van der Waals surface area (Å²) in [6, 6.07) is -0.646. The fourth-order valence-electron chi connectivity index (χ4n) is 2.02. The molecule has 0 bridgehead atoms. The maximum Gasteiger partial charge on any atom is 0.293 e. The van der Waals surface area contributed by atoms with E-state index in [4.69, 9.17) is 11.6 Å². The van der Waals surface area contributed by atoms with Crippen LogP contribution in [0.5, 0.6) is 0 Å². The van der Waals surface area contributed by atoms with Crippen LogP contribution in [0.25, 0.3) is 5.65 Å². The Balaban J connectivity index is 1.84. The molecule has 1 unspecified atom stereocenters. The van der Waals surface area contributed by atoms with Gasteiger partial charge in [-0.2, -0.15) is 0 Å². The van der Waals surface area contributed by atoms with E-state index in [1.807, 2.05) is 0 Å². The molecule has 0 aliphatic carbocycles. The van der Waals surface area contributed by atoms with Gasteiger partial charge in [0.15, 0.2) is 10.8 Å². The standard InChI is InChI=1S/C12H9ClF2N6O2S/c1-4(8-19-20-9-10(22)16-2-3-21(8)9)17-11(23)12-18-6(13)5(24-12)7(14)15/h2-4,7H,1H3,(H,16,22)(H,17,23). The van der Waals surface area contributed by atoms with Crippen LogP contribution in [0.4, 0.5) is 8.78 Å². The second-order valence-corrected chi connectivity index (χ2v) is 6.10. The molecular weight excluding hydrogens is 366 g/mol. The van der Waals surface area contributed by atoms with Gasteiger partial charge >= 0.3 is 0 Å². The van der Waals surface area contributed by atoms with E-state index < -0.39 is 34.0 Å². The number of aromatic amines is 1. The van der Waals surface area contributed by atoms with Crippen molar-refractivity contribution >= 4 is 34.5 Å². The van der Waals surface area contributed by atoms with Crippen LogP contribution < -0.4 is 10.9 Å². The third-order valence-corrected chi connectivity index (χ3v) is 4.56. The van der Waals surface area contributed by atoms with Gasteiger partial charge in [-0.05, 0) is 6.92 Å². The average Bonchev–Trinajstić information content (AvgIpc) is 3.11. The second-order valence-electron chi connectivity index (χ2n) is 4.71. The van der Waals surface area contributed by atoms with Crippen LogP contribution in [0, 0.1) is 0 Å². The van der Waals surface area contributed by atoms with Gasteiger partial charge < -0.3 is 10.3 Å². The van der Waals surface area contributed by atoms with Crippen molar-refractivity contribution in [2.24, 2.45) is 0 Å².